The normalized spacial score (nSPS) is 23.7. The number of hydrogen-bond donors (Lipinski definition) is 0. The van der Waals surface area contributed by atoms with Gasteiger partial charge in [0.1, 0.15) is 16.5 Å². The quantitative estimate of drug-likeness (QED) is 0.626. The van der Waals surface area contributed by atoms with Gasteiger partial charge in [-0.15, -0.1) is 22.7 Å². The molecule has 0 N–H and O–H groups in total. The van der Waals surface area contributed by atoms with Crippen LogP contribution in [0.4, 0.5) is 5.82 Å². The van der Waals surface area contributed by atoms with E-state index in [2.05, 4.69) is 46.5 Å². The van der Waals surface area contributed by atoms with Gasteiger partial charge < -0.3 is 14.4 Å². The number of rotatable bonds is 4. The molecular weight excluding hydrogens is 404 g/mol. The average molecular weight is 431 g/mol. The molecule has 3 aromatic heterocycles. The summed E-state index contributed by atoms with van der Waals surface area (Å²) in [5.41, 5.74) is 1.25. The summed E-state index contributed by atoms with van der Waals surface area (Å²) in [4.78, 5) is 17.2. The highest BCUT2D eigenvalue weighted by molar-refractivity contribution is 7.18. The molecule has 6 nitrogen and oxygen atoms in total. The first-order chi connectivity index (χ1) is 14.2. The summed E-state index contributed by atoms with van der Waals surface area (Å²) in [6.45, 7) is 10.2. The lowest BCUT2D eigenvalue weighted by Gasteiger charge is -2.36. The first-order valence-electron chi connectivity index (χ1n) is 10.2. The lowest BCUT2D eigenvalue weighted by molar-refractivity contribution is -0.00541. The van der Waals surface area contributed by atoms with Gasteiger partial charge in [-0.1, -0.05) is 6.07 Å². The molecular formula is C21H26N4O2S2. The fourth-order valence-corrected chi connectivity index (χ4v) is 5.96. The molecule has 2 atom stereocenters. The van der Waals surface area contributed by atoms with Gasteiger partial charge in [0, 0.05) is 42.0 Å². The number of ether oxygens (including phenoxy) is 2. The molecule has 2 aliphatic rings. The Kier molecular flexibility index (Phi) is 5.53. The smallest absolute Gasteiger partial charge is 0.146 e. The number of thiophene rings is 2. The van der Waals surface area contributed by atoms with Crippen LogP contribution in [0.25, 0.3) is 20.7 Å². The second-order valence-electron chi connectivity index (χ2n) is 7.82. The van der Waals surface area contributed by atoms with Gasteiger partial charge in [-0.2, -0.15) is 0 Å². The van der Waals surface area contributed by atoms with E-state index in [1.807, 2.05) is 0 Å². The number of hydrogen-bond acceptors (Lipinski definition) is 8. The van der Waals surface area contributed by atoms with Crippen molar-refractivity contribution in [2.24, 2.45) is 0 Å². The van der Waals surface area contributed by atoms with Crippen molar-refractivity contribution in [3.8, 4) is 10.4 Å². The fourth-order valence-electron chi connectivity index (χ4n) is 4.19. The number of anilines is 1. The Morgan fingerprint density at radius 2 is 1.90 bits per heavy atom. The van der Waals surface area contributed by atoms with Gasteiger partial charge in [-0.25, -0.2) is 9.97 Å². The highest BCUT2D eigenvalue weighted by Gasteiger charge is 2.27. The standard InChI is InChI=1S/C21H26N4O2S2/c1-14-10-25(11-15(2)27-14)20-19-16(17-4-3-9-28-17)13-29-21(19)23-18(22-20)12-24-5-7-26-8-6-24/h3-4,9,13-15H,5-8,10-12H2,1-2H3. The van der Waals surface area contributed by atoms with Crippen LogP contribution in [0.15, 0.2) is 22.9 Å². The molecule has 154 valence electrons. The van der Waals surface area contributed by atoms with Crippen LogP contribution >= 0.6 is 22.7 Å². The molecule has 0 aromatic carbocycles. The molecule has 0 radical (unpaired) electrons. The van der Waals surface area contributed by atoms with Crippen molar-refractivity contribution in [3.63, 3.8) is 0 Å². The molecule has 2 saturated heterocycles. The number of nitrogens with zero attached hydrogens (tertiary/aromatic N) is 4. The van der Waals surface area contributed by atoms with Gasteiger partial charge in [-0.05, 0) is 25.3 Å². The minimum atomic E-state index is 0.190. The van der Waals surface area contributed by atoms with Gasteiger partial charge in [0.15, 0.2) is 0 Å². The van der Waals surface area contributed by atoms with Crippen LogP contribution in [0.3, 0.4) is 0 Å². The van der Waals surface area contributed by atoms with Crippen LogP contribution in [0.5, 0.6) is 0 Å². The highest BCUT2D eigenvalue weighted by atomic mass is 32.1. The molecule has 0 saturated carbocycles. The Balaban J connectivity index is 1.58. The molecule has 0 bridgehead atoms. The van der Waals surface area contributed by atoms with E-state index < -0.39 is 0 Å². The maximum atomic E-state index is 5.98. The van der Waals surface area contributed by atoms with Crippen LogP contribution in [0, 0.1) is 0 Å². The monoisotopic (exact) mass is 430 g/mol. The summed E-state index contributed by atoms with van der Waals surface area (Å²) in [7, 11) is 0. The van der Waals surface area contributed by atoms with E-state index in [1.165, 1.54) is 15.8 Å². The Bertz CT molecular complexity index is 959. The van der Waals surface area contributed by atoms with Crippen molar-refractivity contribution in [2.45, 2.75) is 32.6 Å². The highest BCUT2D eigenvalue weighted by Crippen LogP contribution is 2.40. The van der Waals surface area contributed by atoms with Gasteiger partial charge in [0.05, 0.1) is 37.4 Å². The SMILES string of the molecule is CC1CN(c2nc(CN3CCOCC3)nc3scc(-c4cccs4)c23)CC(C)O1. The van der Waals surface area contributed by atoms with E-state index in [0.29, 0.717) is 0 Å². The van der Waals surface area contributed by atoms with Gasteiger partial charge >= 0.3 is 0 Å². The topological polar surface area (TPSA) is 50.7 Å². The third kappa shape index (κ3) is 4.04. The maximum Gasteiger partial charge on any atom is 0.146 e. The zero-order chi connectivity index (χ0) is 19.8. The van der Waals surface area contributed by atoms with Crippen molar-refractivity contribution < 1.29 is 9.47 Å². The number of morpholine rings is 2. The number of fused-ring (bicyclic) bond motifs is 1. The molecule has 0 spiro atoms. The summed E-state index contributed by atoms with van der Waals surface area (Å²) >= 11 is 3.49. The van der Waals surface area contributed by atoms with E-state index in [0.717, 1.165) is 62.4 Å². The predicted octanol–water partition coefficient (Wildman–Crippen LogP) is 3.87. The third-order valence-corrected chi connectivity index (χ3v) is 7.21. The van der Waals surface area contributed by atoms with Crippen LogP contribution in [0.1, 0.15) is 19.7 Å². The molecule has 0 amide bonds. The van der Waals surface area contributed by atoms with Gasteiger partial charge in [-0.3, -0.25) is 4.90 Å². The average Bonchev–Trinajstić information content (AvgIpc) is 3.37. The van der Waals surface area contributed by atoms with E-state index in [9.17, 15) is 0 Å². The van der Waals surface area contributed by atoms with Crippen LogP contribution in [-0.2, 0) is 16.0 Å². The first-order valence-corrected chi connectivity index (χ1v) is 12.0. The maximum absolute atomic E-state index is 5.98. The lowest BCUT2D eigenvalue weighted by Crippen LogP contribution is -2.46. The summed E-state index contributed by atoms with van der Waals surface area (Å²) in [5, 5.41) is 5.55. The summed E-state index contributed by atoms with van der Waals surface area (Å²) in [6, 6.07) is 4.29. The molecule has 2 fully saturated rings. The Morgan fingerprint density at radius 1 is 1.10 bits per heavy atom. The van der Waals surface area contributed by atoms with E-state index in [4.69, 9.17) is 19.4 Å². The molecule has 8 heteroatoms. The lowest BCUT2D eigenvalue weighted by atomic mass is 10.1. The summed E-state index contributed by atoms with van der Waals surface area (Å²) < 4.78 is 11.5. The summed E-state index contributed by atoms with van der Waals surface area (Å²) in [5.74, 6) is 1.96. The van der Waals surface area contributed by atoms with E-state index in [-0.39, 0.29) is 12.2 Å². The molecule has 5 rings (SSSR count). The predicted molar refractivity (Wildman–Crippen MR) is 119 cm³/mol. The van der Waals surface area contributed by atoms with Crippen LogP contribution in [-0.4, -0.2) is 66.5 Å². The van der Waals surface area contributed by atoms with Crippen molar-refractivity contribution in [2.75, 3.05) is 44.3 Å². The Labute approximate surface area is 179 Å². The minimum Gasteiger partial charge on any atom is -0.379 e. The molecule has 2 unspecified atom stereocenters. The number of aromatic nitrogens is 2. The first kappa shape index (κ1) is 19.4. The van der Waals surface area contributed by atoms with Gasteiger partial charge in [0.2, 0.25) is 0 Å². The Morgan fingerprint density at radius 3 is 2.62 bits per heavy atom. The molecule has 2 aliphatic heterocycles. The van der Waals surface area contributed by atoms with Crippen molar-refractivity contribution in [3.05, 3.63) is 28.7 Å². The van der Waals surface area contributed by atoms with Gasteiger partial charge in [0.25, 0.3) is 0 Å². The minimum absolute atomic E-state index is 0.190. The zero-order valence-corrected chi connectivity index (χ0v) is 18.5. The Hall–Kier alpha value is -1.58. The largest absolute Gasteiger partial charge is 0.379 e. The third-order valence-electron chi connectivity index (χ3n) is 5.44. The fraction of sp³-hybridized carbons (Fsp3) is 0.524. The second kappa shape index (κ2) is 8.28. The van der Waals surface area contributed by atoms with Crippen molar-refractivity contribution in [1.82, 2.24) is 14.9 Å². The van der Waals surface area contributed by atoms with E-state index >= 15 is 0 Å². The zero-order valence-electron chi connectivity index (χ0n) is 16.8. The van der Waals surface area contributed by atoms with Crippen molar-refractivity contribution in [1.29, 1.82) is 0 Å². The van der Waals surface area contributed by atoms with Crippen LogP contribution in [0.2, 0.25) is 0 Å². The van der Waals surface area contributed by atoms with Crippen molar-refractivity contribution >= 4 is 38.7 Å². The molecule has 29 heavy (non-hydrogen) atoms. The molecule has 0 aliphatic carbocycles. The summed E-state index contributed by atoms with van der Waals surface area (Å²) in [6.07, 6.45) is 0.380. The van der Waals surface area contributed by atoms with Crippen LogP contribution < -0.4 is 4.90 Å². The molecule has 5 heterocycles. The van der Waals surface area contributed by atoms with E-state index in [1.54, 1.807) is 22.7 Å². The second-order valence-corrected chi connectivity index (χ2v) is 9.63. The molecule has 3 aromatic rings.